The van der Waals surface area contributed by atoms with E-state index in [1.54, 1.807) is 12.1 Å². The lowest BCUT2D eigenvalue weighted by Crippen LogP contribution is -2.15. The maximum Gasteiger partial charge on any atom is 0.169 e. The zero-order chi connectivity index (χ0) is 19.4. The molecule has 1 N–H and O–H groups in total. The number of aliphatic hydroxyl groups excluding tert-OH is 1. The van der Waals surface area contributed by atoms with E-state index < -0.39 is 0 Å². The monoisotopic (exact) mass is 390 g/mol. The Hall–Kier alpha value is -2.32. The lowest BCUT2D eigenvalue weighted by atomic mass is 10.2. The van der Waals surface area contributed by atoms with Crippen molar-refractivity contribution in [2.24, 2.45) is 0 Å². The van der Waals surface area contributed by atoms with E-state index in [1.807, 2.05) is 30.3 Å². The third kappa shape index (κ3) is 6.10. The van der Waals surface area contributed by atoms with E-state index in [4.69, 9.17) is 28.4 Å². The molecule has 152 valence electrons. The van der Waals surface area contributed by atoms with E-state index in [1.165, 1.54) is 0 Å². The minimum atomic E-state index is -0.156. The van der Waals surface area contributed by atoms with Crippen LogP contribution in [-0.2, 0) is 20.8 Å². The molecule has 0 aromatic heterocycles. The summed E-state index contributed by atoms with van der Waals surface area (Å²) in [6, 6.07) is 12.8. The Bertz CT molecular complexity index is 720. The van der Waals surface area contributed by atoms with Crippen molar-refractivity contribution in [2.75, 3.05) is 52.9 Å². The molecule has 0 aliphatic carbocycles. The normalized spacial score (nSPS) is 16.9. The van der Waals surface area contributed by atoms with Crippen LogP contribution in [0, 0.1) is 0 Å². The maximum atomic E-state index is 9.66. The van der Waals surface area contributed by atoms with Crippen molar-refractivity contribution in [2.45, 2.75) is 6.61 Å². The Kier molecular flexibility index (Phi) is 8.39. The molecule has 0 bridgehead atoms. The summed E-state index contributed by atoms with van der Waals surface area (Å²) in [4.78, 5) is 0. The van der Waals surface area contributed by atoms with Gasteiger partial charge in [0.1, 0.15) is 13.2 Å². The van der Waals surface area contributed by atoms with Crippen molar-refractivity contribution in [1.82, 2.24) is 0 Å². The average molecular weight is 390 g/mol. The highest BCUT2D eigenvalue weighted by atomic mass is 16.6. The minimum absolute atomic E-state index is 0.156. The first-order valence-corrected chi connectivity index (χ1v) is 9.37. The van der Waals surface area contributed by atoms with Crippen LogP contribution in [0.4, 0.5) is 0 Å². The molecule has 0 fully saturated rings. The van der Waals surface area contributed by atoms with E-state index in [2.05, 4.69) is 0 Å². The first-order valence-electron chi connectivity index (χ1n) is 9.37. The number of hydrogen-bond acceptors (Lipinski definition) is 7. The molecule has 1 aliphatic rings. The van der Waals surface area contributed by atoms with E-state index in [9.17, 15) is 5.11 Å². The molecule has 28 heavy (non-hydrogen) atoms. The van der Waals surface area contributed by atoms with E-state index in [0.29, 0.717) is 81.4 Å². The second-order valence-electron chi connectivity index (χ2n) is 5.99. The van der Waals surface area contributed by atoms with Crippen LogP contribution in [0.5, 0.6) is 23.0 Å². The summed E-state index contributed by atoms with van der Waals surface area (Å²) in [6.07, 6.45) is 0. The second kappa shape index (κ2) is 11.5. The molecule has 0 amide bonds. The molecule has 0 atom stereocenters. The molecule has 7 nitrogen and oxygen atoms in total. The Morgan fingerprint density at radius 1 is 0.607 bits per heavy atom. The van der Waals surface area contributed by atoms with Crippen molar-refractivity contribution < 1.29 is 33.5 Å². The van der Waals surface area contributed by atoms with Crippen LogP contribution < -0.4 is 14.2 Å². The van der Waals surface area contributed by atoms with E-state index >= 15 is 0 Å². The maximum absolute atomic E-state index is 9.66. The van der Waals surface area contributed by atoms with Gasteiger partial charge in [0.05, 0.1) is 46.2 Å². The standard InChI is InChI=1S/C21H26O7/c22-16-17-4-3-7-20-21(17)27-15-13-25-11-9-23-8-10-24-12-14-26-18-5-1-2-6-19(18)28-20/h1-7,22H,8-16H2. The van der Waals surface area contributed by atoms with Crippen LogP contribution in [0.3, 0.4) is 0 Å². The molecule has 7 heteroatoms. The second-order valence-corrected chi connectivity index (χ2v) is 5.99. The number of rotatable bonds is 1. The van der Waals surface area contributed by atoms with Gasteiger partial charge in [-0.1, -0.05) is 24.3 Å². The average Bonchev–Trinajstić information content (AvgIpc) is 2.72. The van der Waals surface area contributed by atoms with Gasteiger partial charge in [0.15, 0.2) is 23.0 Å². The molecule has 0 spiro atoms. The van der Waals surface area contributed by atoms with Gasteiger partial charge in [-0.3, -0.25) is 0 Å². The summed E-state index contributed by atoms with van der Waals surface area (Å²) in [6.45, 7) is 3.39. The largest absolute Gasteiger partial charge is 0.487 e. The first kappa shape index (κ1) is 20.4. The Labute approximate surface area is 164 Å². The molecule has 1 aliphatic heterocycles. The number of benzene rings is 2. The third-order valence-corrected chi connectivity index (χ3v) is 4.00. The SMILES string of the molecule is OCc1cccc2c1OCCOCCOCCOCCOc1ccccc1O2. The van der Waals surface area contributed by atoms with Gasteiger partial charge in [0.25, 0.3) is 0 Å². The first-order chi connectivity index (χ1) is 13.9. The Balaban J connectivity index is 1.79. The summed E-state index contributed by atoms with van der Waals surface area (Å²) in [5, 5.41) is 9.66. The van der Waals surface area contributed by atoms with Gasteiger partial charge in [-0.15, -0.1) is 0 Å². The lowest BCUT2D eigenvalue weighted by molar-refractivity contribution is 0.00447. The molecular formula is C21H26O7. The fraction of sp³-hybridized carbons (Fsp3) is 0.429. The van der Waals surface area contributed by atoms with Gasteiger partial charge in [-0.05, 0) is 18.2 Å². The van der Waals surface area contributed by atoms with E-state index in [0.717, 1.165) is 0 Å². The predicted molar refractivity (Wildman–Crippen MR) is 102 cm³/mol. The number of fused-ring (bicyclic) bond motifs is 2. The third-order valence-electron chi connectivity index (χ3n) is 4.00. The van der Waals surface area contributed by atoms with Crippen LogP contribution in [0.2, 0.25) is 0 Å². The van der Waals surface area contributed by atoms with Crippen molar-refractivity contribution >= 4 is 0 Å². The van der Waals surface area contributed by atoms with Gasteiger partial charge in [0, 0.05) is 5.56 Å². The zero-order valence-electron chi connectivity index (χ0n) is 15.8. The van der Waals surface area contributed by atoms with Crippen LogP contribution in [0.15, 0.2) is 42.5 Å². The highest BCUT2D eigenvalue weighted by molar-refractivity contribution is 5.50. The van der Waals surface area contributed by atoms with Gasteiger partial charge in [0.2, 0.25) is 0 Å². The summed E-state index contributed by atoms with van der Waals surface area (Å²) in [5.74, 6) is 2.16. The Morgan fingerprint density at radius 2 is 1.18 bits per heavy atom. The van der Waals surface area contributed by atoms with Crippen molar-refractivity contribution in [1.29, 1.82) is 0 Å². The zero-order valence-corrected chi connectivity index (χ0v) is 15.8. The van der Waals surface area contributed by atoms with Crippen LogP contribution >= 0.6 is 0 Å². The summed E-state index contributed by atoms with van der Waals surface area (Å²) in [5.41, 5.74) is 0.641. The van der Waals surface area contributed by atoms with Crippen molar-refractivity contribution in [3.8, 4) is 23.0 Å². The highest BCUT2D eigenvalue weighted by Gasteiger charge is 2.14. The molecule has 0 saturated carbocycles. The molecule has 0 saturated heterocycles. The number of aliphatic hydroxyl groups is 1. The summed E-state index contributed by atoms with van der Waals surface area (Å²) in [7, 11) is 0. The quantitative estimate of drug-likeness (QED) is 0.802. The van der Waals surface area contributed by atoms with Crippen molar-refractivity contribution in [3.63, 3.8) is 0 Å². The minimum Gasteiger partial charge on any atom is -0.487 e. The molecule has 1 heterocycles. The number of para-hydroxylation sites is 3. The molecule has 0 unspecified atom stereocenters. The van der Waals surface area contributed by atoms with Gasteiger partial charge < -0.3 is 33.5 Å². The topological polar surface area (TPSA) is 75.6 Å². The summed E-state index contributed by atoms with van der Waals surface area (Å²) >= 11 is 0. The van der Waals surface area contributed by atoms with E-state index in [-0.39, 0.29) is 6.61 Å². The molecule has 2 aromatic rings. The van der Waals surface area contributed by atoms with Crippen molar-refractivity contribution in [3.05, 3.63) is 48.0 Å². The van der Waals surface area contributed by atoms with Gasteiger partial charge in [-0.25, -0.2) is 0 Å². The summed E-state index contributed by atoms with van der Waals surface area (Å²) < 4.78 is 34.2. The predicted octanol–water partition coefficient (Wildman–Crippen LogP) is 2.79. The highest BCUT2D eigenvalue weighted by Crippen LogP contribution is 2.38. The van der Waals surface area contributed by atoms with Crippen LogP contribution in [0.1, 0.15) is 5.56 Å². The van der Waals surface area contributed by atoms with Crippen LogP contribution in [-0.4, -0.2) is 58.0 Å². The van der Waals surface area contributed by atoms with Crippen LogP contribution in [0.25, 0.3) is 0 Å². The molecule has 0 radical (unpaired) electrons. The van der Waals surface area contributed by atoms with Gasteiger partial charge in [-0.2, -0.15) is 0 Å². The molecule has 3 rings (SSSR count). The molecular weight excluding hydrogens is 364 g/mol. The van der Waals surface area contributed by atoms with Gasteiger partial charge >= 0.3 is 0 Å². The smallest absolute Gasteiger partial charge is 0.169 e. The lowest BCUT2D eigenvalue weighted by Gasteiger charge is -2.17. The number of hydrogen-bond donors (Lipinski definition) is 1. The number of ether oxygens (including phenoxy) is 6. The fourth-order valence-electron chi connectivity index (χ4n) is 2.66. The fourth-order valence-corrected chi connectivity index (χ4v) is 2.66. The molecule has 2 aromatic carbocycles. The Morgan fingerprint density at radius 3 is 1.86 bits per heavy atom.